The fourth-order valence-electron chi connectivity index (χ4n) is 3.49. The minimum absolute atomic E-state index is 0.141. The summed E-state index contributed by atoms with van der Waals surface area (Å²) >= 11 is 6.29. The highest BCUT2D eigenvalue weighted by Gasteiger charge is 2.16. The number of para-hydroxylation sites is 2. The first-order chi connectivity index (χ1) is 14.3. The molecule has 4 aromatic rings. The molecule has 2 aromatic heterocycles. The molecule has 6 heteroatoms. The monoisotopic (exact) mass is 430 g/mol. The lowest BCUT2D eigenvalue weighted by Crippen LogP contribution is -1.90. The molecule has 4 rings (SSSR count). The summed E-state index contributed by atoms with van der Waals surface area (Å²) in [6.45, 7) is 8.15. The molecular formula is C24H28ClFN2O2. The van der Waals surface area contributed by atoms with Gasteiger partial charge in [0.05, 0.1) is 36.0 Å². The van der Waals surface area contributed by atoms with Crippen LogP contribution in [0.1, 0.15) is 50.9 Å². The zero-order chi connectivity index (χ0) is 22.0. The fraction of sp³-hybridized carbons (Fsp3) is 0.333. The average Bonchev–Trinajstić information content (AvgIpc) is 3.26. The highest BCUT2D eigenvalue weighted by atomic mass is 35.5. The summed E-state index contributed by atoms with van der Waals surface area (Å²) in [6.07, 6.45) is 0. The van der Waals surface area contributed by atoms with E-state index in [-0.39, 0.29) is 11.7 Å². The van der Waals surface area contributed by atoms with Gasteiger partial charge in [0, 0.05) is 16.5 Å². The molecule has 2 aromatic carbocycles. The van der Waals surface area contributed by atoms with Crippen molar-refractivity contribution in [2.45, 2.75) is 39.5 Å². The number of halogens is 2. The second kappa shape index (κ2) is 9.00. The van der Waals surface area contributed by atoms with E-state index in [1.807, 2.05) is 38.1 Å². The Morgan fingerprint density at radius 2 is 1.23 bits per heavy atom. The number of H-pyrrole nitrogens is 2. The lowest BCUT2D eigenvalue weighted by molar-refractivity contribution is 0.419. The summed E-state index contributed by atoms with van der Waals surface area (Å²) in [7, 11) is 3.25. The molecule has 0 aliphatic rings. The van der Waals surface area contributed by atoms with E-state index in [2.05, 4.69) is 23.8 Å². The number of ether oxygens (including phenoxy) is 2. The number of aromatic nitrogens is 2. The van der Waals surface area contributed by atoms with Crippen LogP contribution in [0.2, 0.25) is 5.02 Å². The molecule has 2 N–H and O–H groups in total. The van der Waals surface area contributed by atoms with Gasteiger partial charge in [0.25, 0.3) is 0 Å². The zero-order valence-electron chi connectivity index (χ0n) is 18.2. The number of rotatable bonds is 4. The largest absolute Gasteiger partial charge is 0.495 e. The van der Waals surface area contributed by atoms with Crippen LogP contribution in [0, 0.1) is 5.82 Å². The molecule has 2 heterocycles. The molecule has 0 bridgehead atoms. The van der Waals surface area contributed by atoms with E-state index >= 15 is 0 Å². The number of hydrogen-bond donors (Lipinski definition) is 2. The number of aromatic amines is 2. The van der Waals surface area contributed by atoms with Crippen LogP contribution in [-0.2, 0) is 0 Å². The normalized spacial score (nSPS) is 11.3. The Balaban J connectivity index is 0.000000171. The summed E-state index contributed by atoms with van der Waals surface area (Å²) in [5.74, 6) is 1.87. The van der Waals surface area contributed by atoms with E-state index in [9.17, 15) is 4.39 Å². The van der Waals surface area contributed by atoms with Gasteiger partial charge in [-0.2, -0.15) is 0 Å². The third kappa shape index (κ3) is 3.99. The average molecular weight is 431 g/mol. The highest BCUT2D eigenvalue weighted by molar-refractivity contribution is 6.36. The quantitative estimate of drug-likeness (QED) is 0.354. The van der Waals surface area contributed by atoms with Gasteiger partial charge in [0.15, 0.2) is 5.82 Å². The number of nitrogens with one attached hydrogen (secondary N) is 2. The molecule has 4 nitrogen and oxygen atoms in total. The van der Waals surface area contributed by atoms with Gasteiger partial charge in [-0.25, -0.2) is 4.39 Å². The van der Waals surface area contributed by atoms with Crippen LogP contribution < -0.4 is 9.47 Å². The van der Waals surface area contributed by atoms with Crippen molar-refractivity contribution in [3.05, 3.63) is 58.6 Å². The molecule has 0 amide bonds. The molecular weight excluding hydrogens is 403 g/mol. The van der Waals surface area contributed by atoms with Crippen LogP contribution in [0.4, 0.5) is 4.39 Å². The fourth-order valence-corrected chi connectivity index (χ4v) is 3.91. The maximum Gasteiger partial charge on any atom is 0.152 e. The predicted molar refractivity (Wildman–Crippen MR) is 123 cm³/mol. The number of fused-ring (bicyclic) bond motifs is 2. The molecule has 0 spiro atoms. The molecule has 0 fully saturated rings. The second-order valence-electron chi connectivity index (χ2n) is 7.78. The molecule has 0 saturated carbocycles. The van der Waals surface area contributed by atoms with Crippen molar-refractivity contribution in [1.29, 1.82) is 0 Å². The van der Waals surface area contributed by atoms with E-state index in [1.165, 1.54) is 0 Å². The molecule has 0 aliphatic carbocycles. The van der Waals surface area contributed by atoms with E-state index in [4.69, 9.17) is 21.1 Å². The number of hydrogen-bond acceptors (Lipinski definition) is 2. The van der Waals surface area contributed by atoms with Gasteiger partial charge in [0.2, 0.25) is 0 Å². The van der Waals surface area contributed by atoms with Gasteiger partial charge < -0.3 is 19.4 Å². The lowest BCUT2D eigenvalue weighted by atomic mass is 10.1. The predicted octanol–water partition coefficient (Wildman–Crippen LogP) is 7.39. The van der Waals surface area contributed by atoms with Gasteiger partial charge in [-0.1, -0.05) is 57.5 Å². The summed E-state index contributed by atoms with van der Waals surface area (Å²) in [4.78, 5) is 6.41. The van der Waals surface area contributed by atoms with E-state index in [1.54, 1.807) is 26.4 Å². The molecule has 0 unspecified atom stereocenters. The van der Waals surface area contributed by atoms with Gasteiger partial charge in [0.1, 0.15) is 11.5 Å². The number of methoxy groups -OCH3 is 2. The minimum atomic E-state index is -0.168. The first-order valence-corrected chi connectivity index (χ1v) is 10.4. The Hall–Kier alpha value is -2.66. The second-order valence-corrected chi connectivity index (χ2v) is 8.16. The first kappa shape index (κ1) is 22.0. The van der Waals surface area contributed by atoms with Gasteiger partial charge in [-0.3, -0.25) is 0 Å². The van der Waals surface area contributed by atoms with Crippen LogP contribution in [0.3, 0.4) is 0 Å². The molecule has 30 heavy (non-hydrogen) atoms. The molecule has 0 aliphatic heterocycles. The molecule has 0 saturated heterocycles. The minimum Gasteiger partial charge on any atom is -0.495 e. The molecule has 0 radical (unpaired) electrons. The maximum absolute atomic E-state index is 13.9. The zero-order valence-corrected chi connectivity index (χ0v) is 18.9. The Labute approximate surface area is 181 Å². The van der Waals surface area contributed by atoms with E-state index in [0.29, 0.717) is 22.7 Å². The van der Waals surface area contributed by atoms with Crippen LogP contribution in [0.15, 0.2) is 36.4 Å². The van der Waals surface area contributed by atoms with Crippen LogP contribution in [0.5, 0.6) is 11.5 Å². The summed E-state index contributed by atoms with van der Waals surface area (Å²) in [6, 6.07) is 11.3. The number of benzene rings is 2. The van der Waals surface area contributed by atoms with E-state index < -0.39 is 0 Å². The van der Waals surface area contributed by atoms with Crippen molar-refractivity contribution >= 4 is 33.4 Å². The summed E-state index contributed by atoms with van der Waals surface area (Å²) in [5, 5.41) is 2.43. The lowest BCUT2D eigenvalue weighted by Gasteiger charge is -2.01. The standard InChI is InChI=1S/C12H14ClNO.C12H14FNO/c2*1-7(2)11-10(13)8-5-4-6-9(15-3)12(8)14-11/h2*4-7,14H,1-3H3. The van der Waals surface area contributed by atoms with E-state index in [0.717, 1.165) is 32.9 Å². The van der Waals surface area contributed by atoms with Crippen molar-refractivity contribution in [2.24, 2.45) is 0 Å². The van der Waals surface area contributed by atoms with Crippen molar-refractivity contribution in [2.75, 3.05) is 14.2 Å². The third-order valence-electron chi connectivity index (χ3n) is 5.11. The van der Waals surface area contributed by atoms with Crippen molar-refractivity contribution < 1.29 is 13.9 Å². The van der Waals surface area contributed by atoms with Crippen molar-refractivity contribution in [1.82, 2.24) is 9.97 Å². The maximum atomic E-state index is 13.9. The van der Waals surface area contributed by atoms with Crippen molar-refractivity contribution in [3.8, 4) is 11.5 Å². The first-order valence-electron chi connectivity index (χ1n) is 9.98. The topological polar surface area (TPSA) is 50.0 Å². The van der Waals surface area contributed by atoms with Crippen molar-refractivity contribution in [3.63, 3.8) is 0 Å². The molecule has 160 valence electrons. The van der Waals surface area contributed by atoms with Gasteiger partial charge in [-0.15, -0.1) is 0 Å². The third-order valence-corrected chi connectivity index (χ3v) is 5.52. The van der Waals surface area contributed by atoms with Crippen LogP contribution >= 0.6 is 11.6 Å². The Morgan fingerprint density at radius 3 is 1.73 bits per heavy atom. The van der Waals surface area contributed by atoms with Gasteiger partial charge in [-0.05, 0) is 30.0 Å². The highest BCUT2D eigenvalue weighted by Crippen LogP contribution is 2.36. The molecule has 0 atom stereocenters. The smallest absolute Gasteiger partial charge is 0.152 e. The van der Waals surface area contributed by atoms with Crippen LogP contribution in [-0.4, -0.2) is 24.2 Å². The Morgan fingerprint density at radius 1 is 0.767 bits per heavy atom. The SMILES string of the molecule is COc1cccc2c(Cl)c(C(C)C)[nH]c12.COc1cccc2c(F)c(C(C)C)[nH]c12. The van der Waals surface area contributed by atoms with Gasteiger partial charge >= 0.3 is 0 Å². The Bertz CT molecular complexity index is 1070. The summed E-state index contributed by atoms with van der Waals surface area (Å²) < 4.78 is 24.4. The summed E-state index contributed by atoms with van der Waals surface area (Å²) in [5.41, 5.74) is 3.42. The van der Waals surface area contributed by atoms with Crippen LogP contribution in [0.25, 0.3) is 21.8 Å². The Kier molecular flexibility index (Phi) is 6.61.